The Labute approximate surface area is 101 Å². The van der Waals surface area contributed by atoms with Gasteiger partial charge in [0.15, 0.2) is 0 Å². The molecule has 2 saturated carbocycles. The first-order valence-corrected chi connectivity index (χ1v) is 7.92. The number of carbonyl (C=O) groups excluding carboxylic acids is 1. The van der Waals surface area contributed by atoms with Crippen molar-refractivity contribution in [2.24, 2.45) is 17.8 Å². The van der Waals surface area contributed by atoms with Gasteiger partial charge < -0.3 is 5.32 Å². The standard InChI is InChI=1S/C11H17NO4S/c1-17(14,15)16-10-7-2-6-3-8(5-7)11(13)12-9(10)4-6/h6-10H,2-5H2,1H3,(H,12,13)/t6?,7?,8?,9?,10-/m1/s1. The lowest BCUT2D eigenvalue weighted by Gasteiger charge is -2.42. The van der Waals surface area contributed by atoms with Crippen LogP contribution in [0.3, 0.4) is 0 Å². The van der Waals surface area contributed by atoms with E-state index < -0.39 is 10.1 Å². The number of amides is 1. The summed E-state index contributed by atoms with van der Waals surface area (Å²) in [4.78, 5) is 11.9. The molecule has 0 aromatic rings. The minimum Gasteiger partial charge on any atom is -0.350 e. The van der Waals surface area contributed by atoms with E-state index in [2.05, 4.69) is 5.32 Å². The van der Waals surface area contributed by atoms with E-state index in [1.807, 2.05) is 0 Å². The zero-order valence-corrected chi connectivity index (χ0v) is 10.6. The first kappa shape index (κ1) is 11.5. The second-order valence-corrected chi connectivity index (χ2v) is 7.25. The molecule has 1 amide bonds. The molecule has 4 bridgehead atoms. The third-order valence-corrected chi connectivity index (χ3v) is 4.85. The Hall–Kier alpha value is -0.620. The zero-order chi connectivity index (χ0) is 12.2. The third kappa shape index (κ3) is 2.08. The summed E-state index contributed by atoms with van der Waals surface area (Å²) in [6.07, 6.45) is 4.33. The lowest BCUT2D eigenvalue weighted by molar-refractivity contribution is -0.125. The molecule has 2 saturated heterocycles. The summed E-state index contributed by atoms with van der Waals surface area (Å²) in [5, 5.41) is 2.95. The number of rotatable bonds is 2. The second-order valence-electron chi connectivity index (χ2n) is 5.65. The van der Waals surface area contributed by atoms with Gasteiger partial charge >= 0.3 is 0 Å². The van der Waals surface area contributed by atoms with Crippen molar-refractivity contribution in [2.45, 2.75) is 37.8 Å². The van der Waals surface area contributed by atoms with Gasteiger partial charge in [-0.05, 0) is 37.5 Å². The highest BCUT2D eigenvalue weighted by Gasteiger charge is 2.50. The van der Waals surface area contributed by atoms with Gasteiger partial charge in [-0.3, -0.25) is 8.98 Å². The molecule has 2 heterocycles. The number of hydrogen-bond donors (Lipinski definition) is 1. The minimum absolute atomic E-state index is 0.0666. The van der Waals surface area contributed by atoms with Gasteiger partial charge in [0.25, 0.3) is 10.1 Å². The predicted molar refractivity (Wildman–Crippen MR) is 60.6 cm³/mol. The average Bonchev–Trinajstić information content (AvgIpc) is 2.35. The summed E-state index contributed by atoms with van der Waals surface area (Å²) in [7, 11) is -3.45. The van der Waals surface area contributed by atoms with E-state index in [-0.39, 0.29) is 29.9 Å². The van der Waals surface area contributed by atoms with Crippen LogP contribution in [0, 0.1) is 17.8 Å². The molecule has 17 heavy (non-hydrogen) atoms. The Morgan fingerprint density at radius 3 is 2.71 bits per heavy atom. The molecule has 1 N–H and O–H groups in total. The number of nitrogens with one attached hydrogen (secondary N) is 1. The molecule has 0 aromatic heterocycles. The minimum atomic E-state index is -3.45. The Morgan fingerprint density at radius 1 is 1.24 bits per heavy atom. The van der Waals surface area contributed by atoms with Crippen molar-refractivity contribution < 1.29 is 17.4 Å². The smallest absolute Gasteiger partial charge is 0.264 e. The predicted octanol–water partition coefficient (Wildman–Crippen LogP) is 0.266. The van der Waals surface area contributed by atoms with E-state index in [1.165, 1.54) is 0 Å². The number of hydrogen-bond acceptors (Lipinski definition) is 4. The van der Waals surface area contributed by atoms with Crippen LogP contribution in [0.5, 0.6) is 0 Å². The maximum Gasteiger partial charge on any atom is 0.264 e. The van der Waals surface area contributed by atoms with Crippen LogP contribution in [-0.4, -0.2) is 32.7 Å². The summed E-state index contributed by atoms with van der Waals surface area (Å²) < 4.78 is 27.8. The fourth-order valence-electron chi connectivity index (χ4n) is 3.77. The fourth-order valence-corrected chi connectivity index (χ4v) is 4.47. The summed E-state index contributed by atoms with van der Waals surface area (Å²) in [6.45, 7) is 0. The van der Waals surface area contributed by atoms with Gasteiger partial charge in [0, 0.05) is 5.92 Å². The molecule has 4 fully saturated rings. The van der Waals surface area contributed by atoms with E-state index in [1.54, 1.807) is 0 Å². The number of carbonyl (C=O) groups is 1. The molecule has 4 aliphatic rings. The largest absolute Gasteiger partial charge is 0.350 e. The van der Waals surface area contributed by atoms with E-state index in [0.717, 1.165) is 31.9 Å². The summed E-state index contributed by atoms with van der Waals surface area (Å²) in [5.41, 5.74) is 0. The van der Waals surface area contributed by atoms with Crippen molar-refractivity contribution in [3.63, 3.8) is 0 Å². The van der Waals surface area contributed by atoms with Crippen molar-refractivity contribution in [3.8, 4) is 0 Å². The molecule has 4 rings (SSSR count). The van der Waals surface area contributed by atoms with Crippen molar-refractivity contribution in [1.82, 2.24) is 5.32 Å². The maximum absolute atomic E-state index is 11.9. The molecule has 0 spiro atoms. The summed E-state index contributed by atoms with van der Waals surface area (Å²) >= 11 is 0. The van der Waals surface area contributed by atoms with Crippen molar-refractivity contribution in [3.05, 3.63) is 0 Å². The highest BCUT2D eigenvalue weighted by atomic mass is 32.2. The van der Waals surface area contributed by atoms with Gasteiger partial charge in [0.1, 0.15) is 6.10 Å². The SMILES string of the molecule is CS(=O)(=O)O[C@@H]1C2CC3CC(C2)C(=O)NC1C3. The molecule has 96 valence electrons. The van der Waals surface area contributed by atoms with Gasteiger partial charge in [-0.2, -0.15) is 8.42 Å². The zero-order valence-electron chi connectivity index (χ0n) is 9.76. The van der Waals surface area contributed by atoms with Crippen LogP contribution in [-0.2, 0) is 19.1 Å². The van der Waals surface area contributed by atoms with E-state index in [9.17, 15) is 13.2 Å². The topological polar surface area (TPSA) is 72.5 Å². The quantitative estimate of drug-likeness (QED) is 0.722. The Balaban J connectivity index is 1.89. The molecule has 0 radical (unpaired) electrons. The molecular formula is C11H17NO4S. The first-order valence-electron chi connectivity index (χ1n) is 6.11. The maximum atomic E-state index is 11.9. The molecule has 6 heteroatoms. The Kier molecular flexibility index (Phi) is 2.49. The summed E-state index contributed by atoms with van der Waals surface area (Å²) in [6, 6.07) is -0.117. The molecular weight excluding hydrogens is 242 g/mol. The molecule has 2 aliphatic carbocycles. The molecule has 4 unspecified atom stereocenters. The first-order chi connectivity index (χ1) is 7.92. The van der Waals surface area contributed by atoms with Crippen LogP contribution < -0.4 is 5.32 Å². The molecule has 0 aromatic carbocycles. The lowest BCUT2D eigenvalue weighted by Crippen LogP contribution is -2.49. The third-order valence-electron chi connectivity index (χ3n) is 4.27. The van der Waals surface area contributed by atoms with Crippen molar-refractivity contribution in [2.75, 3.05) is 6.26 Å². The van der Waals surface area contributed by atoms with Gasteiger partial charge in [0.05, 0.1) is 12.3 Å². The monoisotopic (exact) mass is 259 g/mol. The molecule has 5 nitrogen and oxygen atoms in total. The van der Waals surface area contributed by atoms with Gasteiger partial charge in [0.2, 0.25) is 5.91 Å². The van der Waals surface area contributed by atoms with Crippen molar-refractivity contribution >= 4 is 16.0 Å². The van der Waals surface area contributed by atoms with E-state index in [0.29, 0.717) is 5.92 Å². The lowest BCUT2D eigenvalue weighted by atomic mass is 9.67. The van der Waals surface area contributed by atoms with Crippen LogP contribution in [0.4, 0.5) is 0 Å². The molecule has 5 atom stereocenters. The second kappa shape index (κ2) is 3.68. The number of fused-ring (bicyclic) bond motifs is 1. The van der Waals surface area contributed by atoms with Crippen LogP contribution in [0.15, 0.2) is 0 Å². The highest BCUT2D eigenvalue weighted by Crippen LogP contribution is 2.46. The Bertz CT molecular complexity index is 446. The van der Waals surface area contributed by atoms with Gasteiger partial charge in [-0.25, -0.2) is 0 Å². The van der Waals surface area contributed by atoms with Crippen LogP contribution in [0.1, 0.15) is 25.7 Å². The van der Waals surface area contributed by atoms with Gasteiger partial charge in [-0.15, -0.1) is 0 Å². The highest BCUT2D eigenvalue weighted by molar-refractivity contribution is 7.86. The van der Waals surface area contributed by atoms with Crippen LogP contribution >= 0.6 is 0 Å². The summed E-state index contributed by atoms with van der Waals surface area (Å²) in [5.74, 6) is 0.923. The van der Waals surface area contributed by atoms with Crippen molar-refractivity contribution in [1.29, 1.82) is 0 Å². The Morgan fingerprint density at radius 2 is 2.00 bits per heavy atom. The fraction of sp³-hybridized carbons (Fsp3) is 0.909. The van der Waals surface area contributed by atoms with Crippen LogP contribution in [0.2, 0.25) is 0 Å². The van der Waals surface area contributed by atoms with Gasteiger partial charge in [-0.1, -0.05) is 0 Å². The van der Waals surface area contributed by atoms with Crippen LogP contribution in [0.25, 0.3) is 0 Å². The average molecular weight is 259 g/mol. The normalized spacial score (nSPS) is 44.5. The molecule has 2 aliphatic heterocycles. The van der Waals surface area contributed by atoms with E-state index >= 15 is 0 Å². The van der Waals surface area contributed by atoms with E-state index in [4.69, 9.17) is 4.18 Å².